The molecule has 4 aromatic rings. The fraction of sp³-hybridized carbons (Fsp3) is 0.167. The van der Waals surface area contributed by atoms with Crippen LogP contribution in [0.15, 0.2) is 67.0 Å². The number of anilines is 5. The first-order valence-electron chi connectivity index (χ1n) is 9.78. The number of nitrogen functional groups attached to an aromatic ring is 1. The molecular weight excluding hydrogens is 358 g/mol. The molecule has 1 aromatic heterocycles. The van der Waals surface area contributed by atoms with Crippen molar-refractivity contribution in [1.29, 1.82) is 0 Å². The highest BCUT2D eigenvalue weighted by atomic mass is 15.2. The Kier molecular flexibility index (Phi) is 5.04. The molecule has 0 saturated carbocycles. The Hall–Kier alpha value is -3.60. The Morgan fingerprint density at radius 2 is 1.76 bits per heavy atom. The van der Waals surface area contributed by atoms with Crippen LogP contribution < -0.4 is 16.0 Å². The second-order valence-corrected chi connectivity index (χ2v) is 7.15. The van der Waals surface area contributed by atoms with E-state index in [4.69, 9.17) is 5.73 Å². The fourth-order valence-electron chi connectivity index (χ4n) is 3.58. The number of nitrogens with zero attached hydrogens (tertiary/aromatic N) is 3. The molecule has 0 radical (unpaired) electrons. The molecule has 5 nitrogen and oxygen atoms in total. The molecule has 3 N–H and O–H groups in total. The first-order chi connectivity index (χ1) is 14.1. The van der Waals surface area contributed by atoms with Crippen LogP contribution in [-0.4, -0.2) is 16.5 Å². The quantitative estimate of drug-likeness (QED) is 0.461. The van der Waals surface area contributed by atoms with Gasteiger partial charge in [0.25, 0.3) is 0 Å². The minimum Gasteiger partial charge on any atom is -0.393 e. The number of hydrogen-bond acceptors (Lipinski definition) is 5. The van der Waals surface area contributed by atoms with Crippen LogP contribution in [0.5, 0.6) is 0 Å². The molecule has 0 amide bonds. The van der Waals surface area contributed by atoms with E-state index in [0.717, 1.165) is 23.5 Å². The summed E-state index contributed by atoms with van der Waals surface area (Å²) in [7, 11) is 0. The van der Waals surface area contributed by atoms with E-state index < -0.39 is 0 Å². The number of nitrogens with two attached hydrogens (primary N) is 1. The Balaban J connectivity index is 1.78. The van der Waals surface area contributed by atoms with Gasteiger partial charge < -0.3 is 16.0 Å². The number of hydrogen-bond donors (Lipinski definition) is 2. The van der Waals surface area contributed by atoms with E-state index in [-0.39, 0.29) is 0 Å². The maximum Gasteiger partial charge on any atom is 0.161 e. The van der Waals surface area contributed by atoms with E-state index >= 15 is 0 Å². The third-order valence-corrected chi connectivity index (χ3v) is 5.14. The van der Waals surface area contributed by atoms with E-state index in [0.29, 0.717) is 17.3 Å². The SMILES string of the molecule is CCN(c1ncnc(Nc2cc(C)ccc2C)c1N)c1cccc2ccccc12. The van der Waals surface area contributed by atoms with Gasteiger partial charge in [0, 0.05) is 17.6 Å². The minimum atomic E-state index is 0.531. The van der Waals surface area contributed by atoms with E-state index in [1.54, 1.807) is 6.33 Å². The summed E-state index contributed by atoms with van der Waals surface area (Å²) < 4.78 is 0. The molecule has 4 rings (SSSR count). The largest absolute Gasteiger partial charge is 0.393 e. The number of rotatable bonds is 5. The summed E-state index contributed by atoms with van der Waals surface area (Å²) in [6.45, 7) is 6.96. The van der Waals surface area contributed by atoms with Gasteiger partial charge in [-0.25, -0.2) is 9.97 Å². The van der Waals surface area contributed by atoms with E-state index in [1.165, 1.54) is 16.3 Å². The molecule has 0 bridgehead atoms. The monoisotopic (exact) mass is 383 g/mol. The molecule has 29 heavy (non-hydrogen) atoms. The van der Waals surface area contributed by atoms with E-state index in [1.807, 2.05) is 6.07 Å². The molecule has 0 unspecified atom stereocenters. The van der Waals surface area contributed by atoms with Crippen LogP contribution in [0.2, 0.25) is 0 Å². The first kappa shape index (κ1) is 18.7. The highest BCUT2D eigenvalue weighted by Crippen LogP contribution is 2.36. The Bertz CT molecular complexity index is 1160. The highest BCUT2D eigenvalue weighted by molar-refractivity contribution is 5.97. The molecule has 0 aliphatic heterocycles. The van der Waals surface area contributed by atoms with Crippen molar-refractivity contribution >= 4 is 39.5 Å². The van der Waals surface area contributed by atoms with Crippen LogP contribution in [0.3, 0.4) is 0 Å². The second-order valence-electron chi connectivity index (χ2n) is 7.15. The molecule has 0 spiro atoms. The molecule has 0 saturated heterocycles. The van der Waals surface area contributed by atoms with Gasteiger partial charge >= 0.3 is 0 Å². The van der Waals surface area contributed by atoms with Gasteiger partial charge in [0.15, 0.2) is 11.6 Å². The van der Waals surface area contributed by atoms with Crippen molar-refractivity contribution in [3.63, 3.8) is 0 Å². The normalized spacial score (nSPS) is 10.9. The topological polar surface area (TPSA) is 67.1 Å². The maximum absolute atomic E-state index is 6.55. The molecule has 1 heterocycles. The lowest BCUT2D eigenvalue weighted by Gasteiger charge is -2.25. The smallest absolute Gasteiger partial charge is 0.161 e. The van der Waals surface area contributed by atoms with Crippen LogP contribution in [0.4, 0.5) is 28.7 Å². The van der Waals surface area contributed by atoms with E-state index in [9.17, 15) is 0 Å². The maximum atomic E-state index is 6.55. The zero-order chi connectivity index (χ0) is 20.4. The average Bonchev–Trinajstić information content (AvgIpc) is 2.74. The lowest BCUT2D eigenvalue weighted by Crippen LogP contribution is -2.20. The van der Waals surface area contributed by atoms with Crippen molar-refractivity contribution in [3.05, 3.63) is 78.1 Å². The summed E-state index contributed by atoms with van der Waals surface area (Å²) in [5, 5.41) is 5.74. The van der Waals surface area contributed by atoms with Crippen molar-refractivity contribution in [1.82, 2.24) is 9.97 Å². The molecular formula is C24H25N5. The van der Waals surface area contributed by atoms with Crippen molar-refractivity contribution in [2.24, 2.45) is 0 Å². The average molecular weight is 383 g/mol. The van der Waals surface area contributed by atoms with Gasteiger partial charge in [-0.2, -0.15) is 0 Å². The minimum absolute atomic E-state index is 0.531. The molecule has 146 valence electrons. The van der Waals surface area contributed by atoms with Gasteiger partial charge in [-0.15, -0.1) is 0 Å². The van der Waals surface area contributed by atoms with Gasteiger partial charge in [0.2, 0.25) is 0 Å². The summed E-state index contributed by atoms with van der Waals surface area (Å²) in [5.74, 6) is 1.31. The van der Waals surface area contributed by atoms with Gasteiger partial charge in [0.05, 0.1) is 5.69 Å². The fourth-order valence-corrected chi connectivity index (χ4v) is 3.58. The second kappa shape index (κ2) is 7.80. The highest BCUT2D eigenvalue weighted by Gasteiger charge is 2.18. The zero-order valence-corrected chi connectivity index (χ0v) is 17.0. The number of aromatic nitrogens is 2. The first-order valence-corrected chi connectivity index (χ1v) is 9.78. The van der Waals surface area contributed by atoms with Crippen molar-refractivity contribution in [3.8, 4) is 0 Å². The molecule has 0 fully saturated rings. The van der Waals surface area contributed by atoms with Crippen LogP contribution in [0, 0.1) is 13.8 Å². The standard InChI is InChI=1S/C24H25N5/c1-4-29(21-11-7-9-18-8-5-6-10-19(18)21)24-22(25)23(26-15-27-24)28-20-14-16(2)12-13-17(20)3/h5-15H,4,25H2,1-3H3,(H,26,27,28). The number of aryl methyl sites for hydroxylation is 2. The van der Waals surface area contributed by atoms with Crippen molar-refractivity contribution < 1.29 is 0 Å². The van der Waals surface area contributed by atoms with Gasteiger partial charge in [0.1, 0.15) is 12.0 Å². The summed E-state index contributed by atoms with van der Waals surface area (Å²) in [6.07, 6.45) is 1.56. The van der Waals surface area contributed by atoms with Crippen molar-refractivity contribution in [2.45, 2.75) is 20.8 Å². The van der Waals surface area contributed by atoms with Crippen LogP contribution >= 0.6 is 0 Å². The summed E-state index contributed by atoms with van der Waals surface area (Å²) in [5.41, 5.74) is 11.5. The van der Waals surface area contributed by atoms with Gasteiger partial charge in [-0.05, 0) is 49.4 Å². The van der Waals surface area contributed by atoms with Gasteiger partial charge in [-0.1, -0.05) is 48.5 Å². The molecule has 5 heteroatoms. The van der Waals surface area contributed by atoms with Crippen LogP contribution in [-0.2, 0) is 0 Å². The predicted octanol–water partition coefficient (Wildman–Crippen LogP) is 5.73. The predicted molar refractivity (Wildman–Crippen MR) is 122 cm³/mol. The molecule has 0 aliphatic carbocycles. The Labute approximate surface area is 171 Å². The summed E-state index contributed by atoms with van der Waals surface area (Å²) in [4.78, 5) is 11.1. The molecule has 3 aromatic carbocycles. The summed E-state index contributed by atoms with van der Waals surface area (Å²) in [6, 6.07) is 20.9. The number of nitrogens with one attached hydrogen (secondary N) is 1. The number of benzene rings is 3. The molecule has 0 aliphatic rings. The zero-order valence-electron chi connectivity index (χ0n) is 17.0. The number of fused-ring (bicyclic) bond motifs is 1. The third-order valence-electron chi connectivity index (χ3n) is 5.14. The third kappa shape index (κ3) is 3.59. The lowest BCUT2D eigenvalue weighted by atomic mass is 10.1. The van der Waals surface area contributed by atoms with E-state index in [2.05, 4.69) is 95.6 Å². The van der Waals surface area contributed by atoms with Crippen LogP contribution in [0.25, 0.3) is 10.8 Å². The van der Waals surface area contributed by atoms with Crippen LogP contribution in [0.1, 0.15) is 18.1 Å². The Morgan fingerprint density at radius 3 is 2.59 bits per heavy atom. The molecule has 0 atom stereocenters. The summed E-state index contributed by atoms with van der Waals surface area (Å²) >= 11 is 0. The Morgan fingerprint density at radius 1 is 0.966 bits per heavy atom. The lowest BCUT2D eigenvalue weighted by molar-refractivity contribution is 0.985. The van der Waals surface area contributed by atoms with Gasteiger partial charge in [-0.3, -0.25) is 0 Å². The van der Waals surface area contributed by atoms with Crippen molar-refractivity contribution in [2.75, 3.05) is 22.5 Å².